The van der Waals surface area contributed by atoms with E-state index in [1.54, 1.807) is 19.1 Å². The molecule has 0 aliphatic heterocycles. The normalized spacial score (nSPS) is 11.1. The number of fused-ring (bicyclic) bond motifs is 1. The van der Waals surface area contributed by atoms with E-state index in [1.165, 1.54) is 11.3 Å². The van der Waals surface area contributed by atoms with Crippen LogP contribution in [-0.2, 0) is 0 Å². The minimum absolute atomic E-state index is 0.0279. The van der Waals surface area contributed by atoms with Crippen molar-refractivity contribution in [2.45, 2.75) is 13.3 Å². The number of thiazole rings is 1. The molecular weight excluding hydrogens is 386 g/mol. The maximum atomic E-state index is 13.4. The molecule has 2 aromatic carbocycles. The zero-order valence-electron chi connectivity index (χ0n) is 17.6. The number of anilines is 1. The van der Waals surface area contributed by atoms with Crippen molar-refractivity contribution in [3.05, 3.63) is 47.5 Å². The van der Waals surface area contributed by atoms with Gasteiger partial charge in [-0.1, -0.05) is 29.5 Å². The number of amides is 1. The Hall–Kier alpha value is -2.64. The number of hydrogen-bond acceptors (Lipinski definition) is 6. The molecule has 0 spiro atoms. The lowest BCUT2D eigenvalue weighted by atomic mass is 10.1. The standard InChI is InChI=1S/C22H27N3O3S/c1-15-9-6-7-10-16(15)21(26)25(12-8-11-24(2)3)22-23-17-13-18(27-4)19(28-5)14-20(17)29-22/h6-7,9-10,13-14H,8,11-12H2,1-5H3. The molecule has 154 valence electrons. The lowest BCUT2D eigenvalue weighted by molar-refractivity contribution is 0.0985. The summed E-state index contributed by atoms with van der Waals surface area (Å²) in [5, 5.41) is 0.683. The van der Waals surface area contributed by atoms with E-state index in [4.69, 9.17) is 14.5 Å². The molecule has 0 aliphatic carbocycles. The number of carbonyl (C=O) groups excluding carboxylic acids is 1. The Labute approximate surface area is 175 Å². The SMILES string of the molecule is COc1cc2nc(N(CCCN(C)C)C(=O)c3ccccc3C)sc2cc1OC. The summed E-state index contributed by atoms with van der Waals surface area (Å²) in [6.45, 7) is 3.45. The molecule has 6 nitrogen and oxygen atoms in total. The van der Waals surface area contributed by atoms with E-state index >= 15 is 0 Å². The van der Waals surface area contributed by atoms with Crippen molar-refractivity contribution in [1.29, 1.82) is 0 Å². The van der Waals surface area contributed by atoms with Crippen molar-refractivity contribution in [3.63, 3.8) is 0 Å². The van der Waals surface area contributed by atoms with Crippen LogP contribution in [-0.4, -0.2) is 57.2 Å². The van der Waals surface area contributed by atoms with Crippen LogP contribution in [0.2, 0.25) is 0 Å². The number of methoxy groups -OCH3 is 2. The number of benzene rings is 2. The lowest BCUT2D eigenvalue weighted by Gasteiger charge is -2.21. The zero-order chi connectivity index (χ0) is 21.0. The van der Waals surface area contributed by atoms with E-state index in [1.807, 2.05) is 57.4 Å². The molecule has 1 amide bonds. The Bertz CT molecular complexity index is 959. The fraction of sp³-hybridized carbons (Fsp3) is 0.364. The monoisotopic (exact) mass is 413 g/mol. The van der Waals surface area contributed by atoms with Crippen LogP contribution in [0, 0.1) is 6.92 Å². The molecule has 0 saturated carbocycles. The number of ether oxygens (including phenoxy) is 2. The third-order valence-electron chi connectivity index (χ3n) is 4.72. The molecule has 3 rings (SSSR count). The molecule has 0 N–H and O–H groups in total. The van der Waals surface area contributed by atoms with Gasteiger partial charge in [-0.15, -0.1) is 0 Å². The van der Waals surface area contributed by atoms with E-state index in [2.05, 4.69) is 4.90 Å². The summed E-state index contributed by atoms with van der Waals surface area (Å²) in [5.41, 5.74) is 2.45. The summed E-state index contributed by atoms with van der Waals surface area (Å²) in [6, 6.07) is 11.4. The van der Waals surface area contributed by atoms with Gasteiger partial charge in [0.25, 0.3) is 5.91 Å². The average Bonchev–Trinajstić information content (AvgIpc) is 3.12. The first-order valence-corrected chi connectivity index (χ1v) is 10.3. The van der Waals surface area contributed by atoms with Crippen molar-refractivity contribution in [1.82, 2.24) is 9.88 Å². The van der Waals surface area contributed by atoms with Crippen LogP contribution in [0.3, 0.4) is 0 Å². The molecule has 1 aromatic heterocycles. The molecule has 0 aliphatic rings. The van der Waals surface area contributed by atoms with E-state index in [-0.39, 0.29) is 5.91 Å². The highest BCUT2D eigenvalue weighted by atomic mass is 32.1. The van der Waals surface area contributed by atoms with Gasteiger partial charge in [0, 0.05) is 24.2 Å². The largest absolute Gasteiger partial charge is 0.493 e. The highest BCUT2D eigenvalue weighted by molar-refractivity contribution is 7.22. The van der Waals surface area contributed by atoms with Crippen LogP contribution in [0.5, 0.6) is 11.5 Å². The van der Waals surface area contributed by atoms with Gasteiger partial charge in [0.05, 0.1) is 24.4 Å². The van der Waals surface area contributed by atoms with Crippen molar-refractivity contribution in [2.75, 3.05) is 46.3 Å². The Morgan fingerprint density at radius 2 is 1.76 bits per heavy atom. The maximum Gasteiger partial charge on any atom is 0.260 e. The van der Waals surface area contributed by atoms with Gasteiger partial charge < -0.3 is 14.4 Å². The van der Waals surface area contributed by atoms with Crippen molar-refractivity contribution in [3.8, 4) is 11.5 Å². The fourth-order valence-corrected chi connectivity index (χ4v) is 4.15. The van der Waals surface area contributed by atoms with Gasteiger partial charge >= 0.3 is 0 Å². The first kappa shape index (κ1) is 21.1. The first-order valence-electron chi connectivity index (χ1n) is 9.49. The topological polar surface area (TPSA) is 54.9 Å². The second kappa shape index (κ2) is 9.24. The van der Waals surface area contributed by atoms with Crippen LogP contribution in [0.4, 0.5) is 5.13 Å². The van der Waals surface area contributed by atoms with E-state index < -0.39 is 0 Å². The summed E-state index contributed by atoms with van der Waals surface area (Å²) in [6.07, 6.45) is 0.854. The number of aryl methyl sites for hydroxylation is 1. The zero-order valence-corrected chi connectivity index (χ0v) is 18.4. The van der Waals surface area contributed by atoms with Crippen LogP contribution >= 0.6 is 11.3 Å². The molecule has 0 radical (unpaired) electrons. The van der Waals surface area contributed by atoms with Crippen LogP contribution < -0.4 is 14.4 Å². The van der Waals surface area contributed by atoms with Gasteiger partial charge in [-0.2, -0.15) is 0 Å². The molecule has 0 saturated heterocycles. The van der Waals surface area contributed by atoms with Gasteiger partial charge in [-0.3, -0.25) is 9.69 Å². The Kier molecular flexibility index (Phi) is 6.71. The number of aromatic nitrogens is 1. The fourth-order valence-electron chi connectivity index (χ4n) is 3.15. The molecule has 0 atom stereocenters. The van der Waals surface area contributed by atoms with Gasteiger partial charge in [0.15, 0.2) is 16.6 Å². The number of hydrogen-bond donors (Lipinski definition) is 0. The maximum absolute atomic E-state index is 13.4. The number of rotatable bonds is 8. The predicted molar refractivity (Wildman–Crippen MR) is 119 cm³/mol. The second-order valence-electron chi connectivity index (χ2n) is 7.10. The summed E-state index contributed by atoms with van der Waals surface area (Å²) in [5.74, 6) is 1.25. The summed E-state index contributed by atoms with van der Waals surface area (Å²) < 4.78 is 11.7. The quantitative estimate of drug-likeness (QED) is 0.553. The minimum atomic E-state index is -0.0279. The van der Waals surface area contributed by atoms with Gasteiger partial charge in [0.1, 0.15) is 0 Å². The van der Waals surface area contributed by atoms with Crippen LogP contribution in [0.1, 0.15) is 22.3 Å². The molecule has 29 heavy (non-hydrogen) atoms. The number of nitrogens with zero attached hydrogens (tertiary/aromatic N) is 3. The molecule has 0 fully saturated rings. The third-order valence-corrected chi connectivity index (χ3v) is 5.76. The second-order valence-corrected chi connectivity index (χ2v) is 8.11. The summed E-state index contributed by atoms with van der Waals surface area (Å²) in [4.78, 5) is 22.0. The summed E-state index contributed by atoms with van der Waals surface area (Å²) in [7, 11) is 7.28. The molecule has 7 heteroatoms. The Morgan fingerprint density at radius 1 is 1.07 bits per heavy atom. The van der Waals surface area contributed by atoms with Gasteiger partial charge in [0.2, 0.25) is 0 Å². The highest BCUT2D eigenvalue weighted by Gasteiger charge is 2.23. The van der Waals surface area contributed by atoms with E-state index in [0.717, 1.165) is 28.7 Å². The predicted octanol–water partition coefficient (Wildman–Crippen LogP) is 4.22. The van der Waals surface area contributed by atoms with E-state index in [9.17, 15) is 4.79 Å². The molecule has 0 bridgehead atoms. The number of carbonyl (C=O) groups is 1. The van der Waals surface area contributed by atoms with Crippen LogP contribution in [0.25, 0.3) is 10.2 Å². The minimum Gasteiger partial charge on any atom is -0.493 e. The molecule has 3 aromatic rings. The third kappa shape index (κ3) is 4.68. The summed E-state index contributed by atoms with van der Waals surface area (Å²) >= 11 is 1.49. The Balaban J connectivity index is 2.01. The average molecular weight is 414 g/mol. The Morgan fingerprint density at radius 3 is 2.41 bits per heavy atom. The molecular formula is C22H27N3O3S. The van der Waals surface area contributed by atoms with Crippen LogP contribution in [0.15, 0.2) is 36.4 Å². The first-order chi connectivity index (χ1) is 13.9. The lowest BCUT2D eigenvalue weighted by Crippen LogP contribution is -2.33. The smallest absolute Gasteiger partial charge is 0.260 e. The highest BCUT2D eigenvalue weighted by Crippen LogP contribution is 2.37. The van der Waals surface area contributed by atoms with Crippen molar-refractivity contribution in [2.24, 2.45) is 0 Å². The molecule has 1 heterocycles. The van der Waals surface area contributed by atoms with E-state index in [0.29, 0.717) is 28.7 Å². The van der Waals surface area contributed by atoms with Crippen molar-refractivity contribution < 1.29 is 14.3 Å². The van der Waals surface area contributed by atoms with Gasteiger partial charge in [-0.05, 0) is 45.6 Å². The van der Waals surface area contributed by atoms with Crippen molar-refractivity contribution >= 4 is 32.6 Å². The molecule has 0 unspecified atom stereocenters. The van der Waals surface area contributed by atoms with Gasteiger partial charge in [-0.25, -0.2) is 4.98 Å².